The number of rotatable bonds is 4. The smallest absolute Gasteiger partial charge is 0.290 e. The molecule has 0 fully saturated rings. The van der Waals surface area contributed by atoms with Gasteiger partial charge in [-0.25, -0.2) is 9.67 Å². The number of hydrogen-bond donors (Lipinski definition) is 2. The average molecular weight is 401 g/mol. The molecule has 10 heteroatoms. The molecule has 2 N–H and O–H groups in total. The van der Waals surface area contributed by atoms with Gasteiger partial charge in [0.15, 0.2) is 11.9 Å². The molecule has 2 aromatic heterocycles. The third kappa shape index (κ3) is 3.68. The van der Waals surface area contributed by atoms with Crippen molar-refractivity contribution in [1.82, 2.24) is 20.1 Å². The Hall–Kier alpha value is -2.62. The third-order valence-electron chi connectivity index (χ3n) is 4.53. The van der Waals surface area contributed by atoms with Gasteiger partial charge in [-0.3, -0.25) is 4.79 Å². The van der Waals surface area contributed by atoms with Gasteiger partial charge in [0.25, 0.3) is 11.8 Å². The maximum absolute atomic E-state index is 14.9. The van der Waals surface area contributed by atoms with E-state index in [9.17, 15) is 23.9 Å². The number of halogens is 2. The number of hydrogen-bond acceptors (Lipinski definition) is 5. The van der Waals surface area contributed by atoms with Crippen LogP contribution < -0.4 is 10.0 Å². The summed E-state index contributed by atoms with van der Waals surface area (Å²) < 4.78 is 77.0. The van der Waals surface area contributed by atoms with Gasteiger partial charge in [-0.1, -0.05) is 20.6 Å². The Bertz CT molecular complexity index is 1080. The zero-order chi connectivity index (χ0) is 25.7. The molecular formula is C18H23F2N5O3. The number of carbonyl (C=O) groups is 1. The molecule has 0 spiro atoms. The molecule has 0 radical (unpaired) electrons. The van der Waals surface area contributed by atoms with E-state index in [1.54, 1.807) is 0 Å². The summed E-state index contributed by atoms with van der Waals surface area (Å²) in [5.41, 5.74) is -3.85. The van der Waals surface area contributed by atoms with E-state index < -0.39 is 61.4 Å². The van der Waals surface area contributed by atoms with Crippen LogP contribution in [0.25, 0.3) is 5.82 Å². The average Bonchev–Trinajstić information content (AvgIpc) is 3.11. The van der Waals surface area contributed by atoms with Crippen molar-refractivity contribution in [3.05, 3.63) is 40.7 Å². The summed E-state index contributed by atoms with van der Waals surface area (Å²) >= 11 is 0. The largest absolute Gasteiger partial charge is 0.619 e. The van der Waals surface area contributed by atoms with Gasteiger partial charge in [-0.05, 0) is 18.3 Å². The summed E-state index contributed by atoms with van der Waals surface area (Å²) in [5.74, 6) is -4.83. The predicted octanol–water partition coefficient (Wildman–Crippen LogP) is 1.47. The normalized spacial score (nSPS) is 21.1. The summed E-state index contributed by atoms with van der Waals surface area (Å²) in [5, 5.41) is 27.6. The maximum atomic E-state index is 14.9. The Morgan fingerprint density at radius 1 is 1.61 bits per heavy atom. The fraction of sp³-hybridized carbons (Fsp3) is 0.556. The fourth-order valence-electron chi connectivity index (χ4n) is 3.09. The van der Waals surface area contributed by atoms with E-state index in [0.29, 0.717) is 9.41 Å². The van der Waals surface area contributed by atoms with Gasteiger partial charge in [0.05, 0.1) is 18.8 Å². The van der Waals surface area contributed by atoms with Crippen LogP contribution in [0.4, 0.5) is 8.78 Å². The second kappa shape index (κ2) is 7.08. The molecule has 0 saturated heterocycles. The SMILES string of the molecule is [2H]C([2H])([2H])C(C)([C@@H](CO)NC(=O)c1nn(-c2c[n+]([O-])ccn2)c2c1CCCC2(F)F)C([2H])([2H])[2H]. The van der Waals surface area contributed by atoms with Gasteiger partial charge >= 0.3 is 0 Å². The molecule has 0 aromatic carbocycles. The highest BCUT2D eigenvalue weighted by atomic mass is 19.3. The molecule has 0 unspecified atom stereocenters. The van der Waals surface area contributed by atoms with Crippen molar-refractivity contribution in [2.24, 2.45) is 5.41 Å². The second-order valence-corrected chi connectivity index (χ2v) is 6.83. The molecule has 2 heterocycles. The van der Waals surface area contributed by atoms with Gasteiger partial charge in [0.1, 0.15) is 5.69 Å². The highest BCUT2D eigenvalue weighted by molar-refractivity contribution is 5.94. The predicted molar refractivity (Wildman–Crippen MR) is 94.9 cm³/mol. The minimum Gasteiger partial charge on any atom is -0.619 e. The summed E-state index contributed by atoms with van der Waals surface area (Å²) in [6.45, 7) is -6.41. The molecule has 1 aliphatic rings. The topological polar surface area (TPSA) is 107 Å². The van der Waals surface area contributed by atoms with E-state index in [1.165, 1.54) is 0 Å². The van der Waals surface area contributed by atoms with Crippen molar-refractivity contribution in [3.8, 4) is 5.82 Å². The lowest BCUT2D eigenvalue weighted by atomic mass is 9.87. The number of nitrogens with zero attached hydrogens (tertiary/aromatic N) is 4. The Balaban J connectivity index is 2.11. The molecule has 1 aliphatic carbocycles. The zero-order valence-corrected chi connectivity index (χ0v) is 14.9. The first-order chi connectivity index (χ1) is 15.5. The fourth-order valence-corrected chi connectivity index (χ4v) is 3.09. The first kappa shape index (κ1) is 13.5. The first-order valence-electron chi connectivity index (χ1n) is 11.5. The number of amides is 1. The van der Waals surface area contributed by atoms with E-state index in [0.717, 1.165) is 25.5 Å². The molecule has 8 nitrogen and oxygen atoms in total. The number of aromatic nitrogens is 4. The van der Waals surface area contributed by atoms with E-state index in [4.69, 9.17) is 8.22 Å². The molecule has 0 bridgehead atoms. The molecule has 152 valence electrons. The van der Waals surface area contributed by atoms with Crippen molar-refractivity contribution in [2.45, 2.75) is 51.9 Å². The van der Waals surface area contributed by atoms with Gasteiger partial charge in [0.2, 0.25) is 12.0 Å². The highest BCUT2D eigenvalue weighted by Crippen LogP contribution is 2.42. The Morgan fingerprint density at radius 3 is 3.00 bits per heavy atom. The van der Waals surface area contributed by atoms with Crippen LogP contribution in [0.1, 0.15) is 63.4 Å². The summed E-state index contributed by atoms with van der Waals surface area (Å²) in [6, 6.07) is -1.79. The van der Waals surface area contributed by atoms with Gasteiger partial charge in [-0.2, -0.15) is 18.6 Å². The number of aliphatic hydroxyl groups excluding tert-OH is 1. The Labute approximate surface area is 169 Å². The monoisotopic (exact) mass is 401 g/mol. The molecule has 28 heavy (non-hydrogen) atoms. The van der Waals surface area contributed by atoms with Gasteiger partial charge < -0.3 is 15.6 Å². The number of carbonyl (C=O) groups excluding carboxylic acids is 1. The van der Waals surface area contributed by atoms with E-state index in [-0.39, 0.29) is 24.2 Å². The number of alkyl halides is 2. The minimum atomic E-state index is -3.41. The van der Waals surface area contributed by atoms with Crippen LogP contribution in [-0.4, -0.2) is 38.4 Å². The van der Waals surface area contributed by atoms with Gasteiger partial charge in [0, 0.05) is 20.2 Å². The van der Waals surface area contributed by atoms with Crippen LogP contribution in [-0.2, 0) is 12.3 Å². The highest BCUT2D eigenvalue weighted by Gasteiger charge is 2.44. The van der Waals surface area contributed by atoms with Crippen LogP contribution >= 0.6 is 0 Å². The molecule has 1 atom stereocenters. The van der Waals surface area contributed by atoms with Crippen LogP contribution in [0.3, 0.4) is 0 Å². The van der Waals surface area contributed by atoms with Crippen LogP contribution in [0.15, 0.2) is 18.6 Å². The van der Waals surface area contributed by atoms with Gasteiger partial charge in [-0.15, -0.1) is 0 Å². The summed E-state index contributed by atoms with van der Waals surface area (Å²) in [6.07, 6.45) is 2.49. The van der Waals surface area contributed by atoms with Crippen LogP contribution in [0, 0.1) is 10.6 Å². The molecule has 3 rings (SSSR count). The third-order valence-corrected chi connectivity index (χ3v) is 4.53. The molecule has 0 aliphatic heterocycles. The Morgan fingerprint density at radius 2 is 2.36 bits per heavy atom. The molecular weight excluding hydrogens is 372 g/mol. The summed E-state index contributed by atoms with van der Waals surface area (Å²) in [4.78, 5) is 17.0. The summed E-state index contributed by atoms with van der Waals surface area (Å²) in [7, 11) is 0. The van der Waals surface area contributed by atoms with Crippen molar-refractivity contribution in [3.63, 3.8) is 0 Å². The second-order valence-electron chi connectivity index (χ2n) is 6.83. The van der Waals surface area contributed by atoms with E-state index in [2.05, 4.69) is 15.4 Å². The Kier molecular flexibility index (Phi) is 3.42. The lowest BCUT2D eigenvalue weighted by molar-refractivity contribution is -0.605. The van der Waals surface area contributed by atoms with Crippen molar-refractivity contribution in [1.29, 1.82) is 0 Å². The molecule has 0 saturated carbocycles. The van der Waals surface area contributed by atoms with Crippen molar-refractivity contribution >= 4 is 5.91 Å². The number of nitrogens with one attached hydrogen (secondary N) is 1. The van der Waals surface area contributed by atoms with E-state index in [1.807, 2.05) is 0 Å². The standard InChI is InChI=1S/C18H23F2N5O3/c1-17(2,3)12(10-26)22-16(27)14-11-5-4-6-18(19,20)15(11)25(23-14)13-9-24(28)8-7-21-13/h7-9,12,26H,4-6,10H2,1-3H3,(H,22,27)/t12-/m1/s1/i1D3,2D3. The number of fused-ring (bicyclic) bond motifs is 1. The maximum Gasteiger partial charge on any atom is 0.290 e. The van der Waals surface area contributed by atoms with Crippen LogP contribution in [0.2, 0.25) is 0 Å². The number of aliphatic hydroxyl groups is 1. The molecule has 2 aromatic rings. The van der Waals surface area contributed by atoms with Crippen molar-refractivity contribution in [2.75, 3.05) is 6.61 Å². The minimum absolute atomic E-state index is 0.0153. The lowest BCUT2D eigenvalue weighted by Crippen LogP contribution is -2.46. The zero-order valence-electron chi connectivity index (χ0n) is 20.9. The first-order valence-corrected chi connectivity index (χ1v) is 8.51. The lowest BCUT2D eigenvalue weighted by Gasteiger charge is -2.29. The van der Waals surface area contributed by atoms with E-state index >= 15 is 0 Å². The van der Waals surface area contributed by atoms with Crippen molar-refractivity contribution < 1.29 is 31.6 Å². The quantitative estimate of drug-likeness (QED) is 0.596. The van der Waals surface area contributed by atoms with Crippen LogP contribution in [0.5, 0.6) is 0 Å². The molecule has 1 amide bonds.